The molecular weight excluding hydrogens is 458 g/mol. The number of nitrogens with one attached hydrogen (secondary N) is 1. The number of thiazole rings is 1. The first-order chi connectivity index (χ1) is 16.8. The number of fused-ring (bicyclic) bond motifs is 5. The van der Waals surface area contributed by atoms with Crippen LogP contribution in [0.5, 0.6) is 5.75 Å². The molecule has 5 rings (SSSR count). The number of hydrogen-bond acceptors (Lipinski definition) is 6. The van der Waals surface area contributed by atoms with E-state index >= 15 is 0 Å². The molecule has 3 aliphatic carbocycles. The summed E-state index contributed by atoms with van der Waals surface area (Å²) in [7, 11) is 3.42. The minimum absolute atomic E-state index is 0.0454. The molecule has 6 nitrogen and oxygen atoms in total. The predicted molar refractivity (Wildman–Crippen MR) is 140 cm³/mol. The fraction of sp³-hybridized carbons (Fsp3) is 0.607. The van der Waals surface area contributed by atoms with Gasteiger partial charge in [0.2, 0.25) is 5.91 Å². The van der Waals surface area contributed by atoms with Gasteiger partial charge < -0.3 is 14.9 Å². The number of methoxy groups -OCH3 is 1. The van der Waals surface area contributed by atoms with Crippen LogP contribution in [0.1, 0.15) is 72.9 Å². The number of aryl methyl sites for hydroxylation is 3. The first-order valence-electron chi connectivity index (χ1n) is 12.8. The lowest BCUT2D eigenvalue weighted by Gasteiger charge is -2.50. The molecule has 1 amide bonds. The second-order valence-electron chi connectivity index (χ2n) is 10.9. The van der Waals surface area contributed by atoms with Crippen molar-refractivity contribution in [2.45, 2.75) is 71.6 Å². The Morgan fingerprint density at radius 1 is 1.29 bits per heavy atom. The normalized spacial score (nSPS) is 30.4. The maximum atomic E-state index is 12.8. The Bertz CT molecular complexity index is 1140. The third kappa shape index (κ3) is 4.37. The van der Waals surface area contributed by atoms with Crippen molar-refractivity contribution in [3.8, 4) is 5.75 Å². The number of aromatic nitrogens is 1. The van der Waals surface area contributed by atoms with Gasteiger partial charge in [0.15, 0.2) is 5.13 Å². The van der Waals surface area contributed by atoms with E-state index in [-0.39, 0.29) is 11.3 Å². The zero-order valence-corrected chi connectivity index (χ0v) is 22.3. The van der Waals surface area contributed by atoms with Gasteiger partial charge in [-0.3, -0.25) is 4.79 Å². The Hall–Kier alpha value is -2.41. The lowest BCUT2D eigenvalue weighted by Crippen LogP contribution is -2.44. The van der Waals surface area contributed by atoms with E-state index in [0.29, 0.717) is 35.2 Å². The van der Waals surface area contributed by atoms with E-state index in [1.807, 2.05) is 6.92 Å². The number of ether oxygens (including phenoxy) is 1. The van der Waals surface area contributed by atoms with E-state index in [4.69, 9.17) is 9.57 Å². The van der Waals surface area contributed by atoms with Crippen molar-refractivity contribution in [3.63, 3.8) is 0 Å². The standard InChI is InChI=1S/C28H37N3O3S/c1-16-12-22-18(13-23(16)33-4)6-8-21-20(22)10-11-28(3)24(31-34-5)14-19(26(21)28)7-9-25(32)30-27-29-15-17(2)35-27/h12-13,15,19-21,26H,6-11,14H2,1-5H3,(H,29,30,32)/b31-24+. The average Bonchev–Trinajstić information content (AvgIpc) is 3.37. The van der Waals surface area contributed by atoms with Crippen molar-refractivity contribution in [3.05, 3.63) is 39.9 Å². The van der Waals surface area contributed by atoms with Gasteiger partial charge in [0, 0.05) is 22.9 Å². The molecular formula is C28H37N3O3S. The summed E-state index contributed by atoms with van der Waals surface area (Å²) in [6.45, 7) is 6.56. The summed E-state index contributed by atoms with van der Waals surface area (Å²) in [5, 5.41) is 8.22. The average molecular weight is 496 g/mol. The molecule has 0 saturated heterocycles. The summed E-state index contributed by atoms with van der Waals surface area (Å²) >= 11 is 1.52. The Morgan fingerprint density at radius 3 is 2.83 bits per heavy atom. The second kappa shape index (κ2) is 9.57. The molecule has 0 aliphatic heterocycles. The van der Waals surface area contributed by atoms with Gasteiger partial charge in [-0.05, 0) is 98.8 Å². The van der Waals surface area contributed by atoms with Gasteiger partial charge in [0.1, 0.15) is 12.9 Å². The van der Waals surface area contributed by atoms with Crippen LogP contribution in [0.25, 0.3) is 0 Å². The molecule has 2 saturated carbocycles. The van der Waals surface area contributed by atoms with Crippen molar-refractivity contribution in [1.29, 1.82) is 0 Å². The van der Waals surface area contributed by atoms with Crippen LogP contribution in [-0.2, 0) is 16.1 Å². The molecule has 2 aromatic rings. The van der Waals surface area contributed by atoms with Crippen LogP contribution >= 0.6 is 11.3 Å². The summed E-state index contributed by atoms with van der Waals surface area (Å²) in [6.07, 6.45) is 8.69. The second-order valence-corrected chi connectivity index (χ2v) is 12.1. The molecule has 1 N–H and O–H groups in total. The largest absolute Gasteiger partial charge is 0.496 e. The molecule has 1 heterocycles. The number of benzene rings is 1. The fourth-order valence-corrected chi connectivity index (χ4v) is 8.12. The topological polar surface area (TPSA) is 72.8 Å². The number of rotatable bonds is 6. The number of hydrogen-bond donors (Lipinski definition) is 1. The quantitative estimate of drug-likeness (QED) is 0.479. The number of nitrogens with zero attached hydrogens (tertiary/aromatic N) is 2. The molecule has 7 heteroatoms. The first-order valence-corrected chi connectivity index (χ1v) is 13.7. The van der Waals surface area contributed by atoms with Crippen molar-refractivity contribution >= 4 is 28.1 Å². The highest BCUT2D eigenvalue weighted by Gasteiger charge is 2.57. The number of carbonyl (C=O) groups is 1. The van der Waals surface area contributed by atoms with Gasteiger partial charge >= 0.3 is 0 Å². The highest BCUT2D eigenvalue weighted by molar-refractivity contribution is 7.15. The number of carbonyl (C=O) groups excluding carboxylic acids is 1. The van der Waals surface area contributed by atoms with Gasteiger partial charge in [-0.2, -0.15) is 0 Å². The molecule has 0 radical (unpaired) electrons. The number of oxime groups is 1. The fourth-order valence-electron chi connectivity index (χ4n) is 7.44. The predicted octanol–water partition coefficient (Wildman–Crippen LogP) is 6.27. The van der Waals surface area contributed by atoms with Gasteiger partial charge in [-0.15, -0.1) is 11.3 Å². The van der Waals surface area contributed by atoms with Gasteiger partial charge in [-0.25, -0.2) is 4.98 Å². The molecule has 2 fully saturated rings. The highest BCUT2D eigenvalue weighted by Crippen LogP contribution is 2.62. The van der Waals surface area contributed by atoms with E-state index < -0.39 is 0 Å². The highest BCUT2D eigenvalue weighted by atomic mass is 32.1. The van der Waals surface area contributed by atoms with Crippen molar-refractivity contribution in [1.82, 2.24) is 4.98 Å². The summed E-state index contributed by atoms with van der Waals surface area (Å²) in [4.78, 5) is 23.5. The Labute approximate surface area is 212 Å². The molecule has 0 bridgehead atoms. The van der Waals surface area contributed by atoms with Crippen LogP contribution in [-0.4, -0.2) is 30.8 Å². The van der Waals surface area contributed by atoms with E-state index in [9.17, 15) is 4.79 Å². The minimum Gasteiger partial charge on any atom is -0.496 e. The molecule has 5 atom stereocenters. The van der Waals surface area contributed by atoms with Crippen LogP contribution in [0, 0.1) is 37.0 Å². The maximum Gasteiger partial charge on any atom is 0.226 e. The van der Waals surface area contributed by atoms with Crippen molar-refractivity contribution in [2.75, 3.05) is 19.5 Å². The third-order valence-corrected chi connectivity index (χ3v) is 9.75. The SMILES string of the molecule is CO/N=C1\CC(CCC(=O)Nc2ncc(C)s2)C2C3CCc4cc(OC)c(C)cc4C3CCC12C. The van der Waals surface area contributed by atoms with Gasteiger partial charge in [0.25, 0.3) is 0 Å². The summed E-state index contributed by atoms with van der Waals surface area (Å²) in [5.74, 6) is 3.18. The van der Waals surface area contributed by atoms with Gasteiger partial charge in [-0.1, -0.05) is 18.1 Å². The number of amides is 1. The Kier molecular flexibility index (Phi) is 6.64. The van der Waals surface area contributed by atoms with Crippen LogP contribution in [0.3, 0.4) is 0 Å². The molecule has 0 spiro atoms. The van der Waals surface area contributed by atoms with E-state index in [1.165, 1.54) is 46.6 Å². The van der Waals surface area contributed by atoms with Crippen LogP contribution in [0.4, 0.5) is 5.13 Å². The lowest BCUT2D eigenvalue weighted by atomic mass is 9.54. The number of anilines is 1. The molecule has 188 valence electrons. The summed E-state index contributed by atoms with van der Waals surface area (Å²) in [6, 6.07) is 4.65. The monoisotopic (exact) mass is 495 g/mol. The molecule has 35 heavy (non-hydrogen) atoms. The van der Waals surface area contributed by atoms with Crippen molar-refractivity contribution in [2.24, 2.45) is 28.3 Å². The van der Waals surface area contributed by atoms with Crippen LogP contribution < -0.4 is 10.1 Å². The van der Waals surface area contributed by atoms with E-state index in [0.717, 1.165) is 36.3 Å². The zero-order valence-electron chi connectivity index (χ0n) is 21.5. The van der Waals surface area contributed by atoms with Gasteiger partial charge in [0.05, 0.1) is 12.8 Å². The molecule has 3 aliphatic rings. The summed E-state index contributed by atoms with van der Waals surface area (Å²) in [5.41, 5.74) is 5.44. The molecule has 1 aromatic heterocycles. The van der Waals surface area contributed by atoms with Crippen LogP contribution in [0.2, 0.25) is 0 Å². The zero-order chi connectivity index (χ0) is 24.7. The Morgan fingerprint density at radius 2 is 2.11 bits per heavy atom. The third-order valence-electron chi connectivity index (χ3n) is 8.93. The van der Waals surface area contributed by atoms with E-state index in [1.54, 1.807) is 20.4 Å². The molecule has 5 unspecified atom stereocenters. The Balaban J connectivity index is 1.39. The lowest BCUT2D eigenvalue weighted by molar-refractivity contribution is -0.116. The van der Waals surface area contributed by atoms with E-state index in [2.05, 4.69) is 41.4 Å². The first kappa shape index (κ1) is 24.3. The molecule has 1 aromatic carbocycles. The summed E-state index contributed by atoms with van der Waals surface area (Å²) < 4.78 is 5.62. The smallest absolute Gasteiger partial charge is 0.226 e. The van der Waals surface area contributed by atoms with Crippen molar-refractivity contribution < 1.29 is 14.4 Å². The maximum absolute atomic E-state index is 12.8. The van der Waals surface area contributed by atoms with Crippen LogP contribution in [0.15, 0.2) is 23.5 Å². The minimum atomic E-state index is 0.0454.